The highest BCUT2D eigenvalue weighted by atomic mass is 14.9. The topological polar surface area (TPSA) is 48.6 Å². The van der Waals surface area contributed by atoms with Gasteiger partial charge in [0.05, 0.1) is 0 Å². The molecule has 96 valence electrons. The van der Waals surface area contributed by atoms with Gasteiger partial charge in [-0.2, -0.15) is 0 Å². The number of benzene rings is 1. The van der Waals surface area contributed by atoms with Crippen molar-refractivity contribution in [3.63, 3.8) is 0 Å². The molecule has 0 amide bonds. The number of hydrogen-bond acceptors (Lipinski definition) is 1. The van der Waals surface area contributed by atoms with Crippen LogP contribution in [-0.2, 0) is 0 Å². The van der Waals surface area contributed by atoms with E-state index < -0.39 is 0 Å². The van der Waals surface area contributed by atoms with Gasteiger partial charge in [-0.1, -0.05) is 61.2 Å². The lowest BCUT2D eigenvalue weighted by Crippen LogP contribution is -2.03. The number of rotatable bonds is 4. The van der Waals surface area contributed by atoms with Gasteiger partial charge in [0, 0.05) is 11.1 Å². The average molecular weight is 251 g/mol. The molecule has 3 heteroatoms. The van der Waals surface area contributed by atoms with E-state index in [1.807, 2.05) is 49.4 Å². The fraction of sp³-hybridized carbons (Fsp3) is 0.0625. The first-order chi connectivity index (χ1) is 9.22. The molecule has 0 aromatic heterocycles. The van der Waals surface area contributed by atoms with E-state index >= 15 is 0 Å². The van der Waals surface area contributed by atoms with Crippen molar-refractivity contribution in [2.24, 2.45) is 9.98 Å². The molecule has 19 heavy (non-hydrogen) atoms. The van der Waals surface area contributed by atoms with Crippen LogP contribution < -0.4 is 0 Å². The largest absolute Gasteiger partial charge is 0.282 e. The predicted octanol–water partition coefficient (Wildman–Crippen LogP) is 3.80. The minimum absolute atomic E-state index is 0.111. The van der Waals surface area contributed by atoms with E-state index in [0.717, 1.165) is 5.56 Å². The molecule has 0 spiro atoms. The predicted molar refractivity (Wildman–Crippen MR) is 83.3 cm³/mol. The monoisotopic (exact) mass is 251 g/mol. The maximum Gasteiger partial charge on any atom is 0.161 e. The van der Waals surface area contributed by atoms with Crippen LogP contribution in [0.5, 0.6) is 0 Å². The number of nitrogens with zero attached hydrogens (tertiary/aromatic N) is 2. The first-order valence-corrected chi connectivity index (χ1v) is 5.88. The number of allylic oxidation sites excluding steroid dienone is 3. The molecule has 0 atom stereocenters. The summed E-state index contributed by atoms with van der Waals surface area (Å²) < 4.78 is 0. The van der Waals surface area contributed by atoms with Crippen molar-refractivity contribution in [2.45, 2.75) is 6.92 Å². The second kappa shape index (κ2) is 7.71. The van der Waals surface area contributed by atoms with Crippen molar-refractivity contribution in [1.29, 1.82) is 5.41 Å². The maximum absolute atomic E-state index is 7.96. The van der Waals surface area contributed by atoms with Crippen molar-refractivity contribution in [3.05, 3.63) is 72.4 Å². The molecule has 1 aromatic carbocycles. The van der Waals surface area contributed by atoms with E-state index in [9.17, 15) is 0 Å². The van der Waals surface area contributed by atoms with Crippen molar-refractivity contribution in [3.8, 4) is 0 Å². The lowest BCUT2D eigenvalue weighted by molar-refractivity contribution is 1.40. The smallest absolute Gasteiger partial charge is 0.161 e. The van der Waals surface area contributed by atoms with E-state index in [1.165, 1.54) is 0 Å². The van der Waals surface area contributed by atoms with Gasteiger partial charge in [-0.15, -0.1) is 0 Å². The van der Waals surface area contributed by atoms with Crippen LogP contribution in [0.2, 0.25) is 0 Å². The molecule has 0 heterocycles. The van der Waals surface area contributed by atoms with Gasteiger partial charge >= 0.3 is 0 Å². The molecule has 0 aliphatic rings. The molecular formula is C16H17N3. The number of hydrogen-bond donors (Lipinski definition) is 1. The van der Waals surface area contributed by atoms with Gasteiger partial charge in [0.2, 0.25) is 0 Å². The van der Waals surface area contributed by atoms with Crippen LogP contribution in [0.4, 0.5) is 0 Å². The molecule has 3 nitrogen and oxygen atoms in total. The summed E-state index contributed by atoms with van der Waals surface area (Å²) in [5.41, 5.74) is 1.46. The average Bonchev–Trinajstić information content (AvgIpc) is 2.46. The molecule has 0 bridgehead atoms. The van der Waals surface area contributed by atoms with Gasteiger partial charge in [0.1, 0.15) is 0 Å². The highest BCUT2D eigenvalue weighted by molar-refractivity contribution is 6.12. The Balaban J connectivity index is 3.08. The van der Waals surface area contributed by atoms with Crippen LogP contribution in [0.3, 0.4) is 0 Å². The third-order valence-corrected chi connectivity index (χ3v) is 2.36. The second-order valence-electron chi connectivity index (χ2n) is 3.66. The molecule has 0 radical (unpaired) electrons. The third-order valence-electron chi connectivity index (χ3n) is 2.36. The lowest BCUT2D eigenvalue weighted by atomic mass is 10.2. The third kappa shape index (κ3) is 4.32. The molecule has 0 aliphatic heterocycles. The van der Waals surface area contributed by atoms with E-state index in [1.54, 1.807) is 12.2 Å². The summed E-state index contributed by atoms with van der Waals surface area (Å²) in [5.74, 6) is 0.540. The Kier molecular flexibility index (Phi) is 5.89. The Bertz CT molecular complexity index is 549. The summed E-state index contributed by atoms with van der Waals surface area (Å²) in [5, 5.41) is 7.96. The van der Waals surface area contributed by atoms with E-state index in [0.29, 0.717) is 11.4 Å². The molecule has 0 saturated carbocycles. The van der Waals surface area contributed by atoms with Crippen molar-refractivity contribution >= 4 is 18.4 Å². The van der Waals surface area contributed by atoms with Crippen molar-refractivity contribution in [2.75, 3.05) is 0 Å². The SMILES string of the molecule is C=C/C(=C\C=C/C)C(=N)N=C(N=C)c1ccccc1. The highest BCUT2D eigenvalue weighted by Gasteiger charge is 2.04. The van der Waals surface area contributed by atoms with Gasteiger partial charge < -0.3 is 0 Å². The fourth-order valence-electron chi connectivity index (χ4n) is 1.39. The van der Waals surface area contributed by atoms with Crippen LogP contribution in [0, 0.1) is 5.41 Å². The minimum atomic E-state index is 0.111. The molecular weight excluding hydrogens is 234 g/mol. The summed E-state index contributed by atoms with van der Waals surface area (Å²) in [4.78, 5) is 8.06. The fourth-order valence-corrected chi connectivity index (χ4v) is 1.39. The Morgan fingerprint density at radius 3 is 2.47 bits per heavy atom. The number of aliphatic imine (C=N–C) groups is 2. The molecule has 1 N–H and O–H groups in total. The molecule has 0 aliphatic carbocycles. The lowest BCUT2D eigenvalue weighted by Gasteiger charge is -2.02. The summed E-state index contributed by atoms with van der Waals surface area (Å²) in [6.07, 6.45) is 7.09. The zero-order chi connectivity index (χ0) is 14.1. The number of amidine groups is 2. The van der Waals surface area contributed by atoms with Crippen LogP contribution in [-0.4, -0.2) is 18.4 Å². The first kappa shape index (κ1) is 14.5. The summed E-state index contributed by atoms with van der Waals surface area (Å²) in [6, 6.07) is 9.46. The van der Waals surface area contributed by atoms with Gasteiger partial charge in [0.25, 0.3) is 0 Å². The summed E-state index contributed by atoms with van der Waals surface area (Å²) in [6.45, 7) is 9.09. The van der Waals surface area contributed by atoms with Gasteiger partial charge in [-0.25, -0.2) is 9.98 Å². The minimum Gasteiger partial charge on any atom is -0.282 e. The Hall–Kier alpha value is -2.55. The molecule has 0 fully saturated rings. The Labute approximate surface area is 113 Å². The van der Waals surface area contributed by atoms with Crippen LogP contribution >= 0.6 is 0 Å². The van der Waals surface area contributed by atoms with Gasteiger partial charge in [0.15, 0.2) is 11.7 Å². The maximum atomic E-state index is 7.96. The molecule has 0 unspecified atom stereocenters. The van der Waals surface area contributed by atoms with Crippen molar-refractivity contribution < 1.29 is 0 Å². The standard InChI is InChI=1S/C16H17N3/c1-4-6-10-13(5-2)15(17)19-16(18-3)14-11-8-7-9-12-14/h4-12,17H,2-3H2,1H3/b6-4-,13-10+,17-15?,19-16?. The first-order valence-electron chi connectivity index (χ1n) is 5.88. The number of nitrogens with one attached hydrogen (secondary N) is 1. The highest BCUT2D eigenvalue weighted by Crippen LogP contribution is 2.06. The zero-order valence-electron chi connectivity index (χ0n) is 11.0. The van der Waals surface area contributed by atoms with E-state index in [-0.39, 0.29) is 5.84 Å². The van der Waals surface area contributed by atoms with Crippen LogP contribution in [0.1, 0.15) is 12.5 Å². The second-order valence-corrected chi connectivity index (χ2v) is 3.66. The normalized spacial score (nSPS) is 12.5. The van der Waals surface area contributed by atoms with E-state index in [4.69, 9.17) is 5.41 Å². The Morgan fingerprint density at radius 2 is 1.95 bits per heavy atom. The van der Waals surface area contributed by atoms with Crippen molar-refractivity contribution in [1.82, 2.24) is 0 Å². The molecule has 1 aromatic rings. The quantitative estimate of drug-likeness (QED) is 0.481. The van der Waals surface area contributed by atoms with Crippen LogP contribution in [0.25, 0.3) is 0 Å². The van der Waals surface area contributed by atoms with E-state index in [2.05, 4.69) is 23.3 Å². The molecule has 0 saturated heterocycles. The molecule has 1 rings (SSSR count). The Morgan fingerprint density at radius 1 is 1.26 bits per heavy atom. The summed E-state index contributed by atoms with van der Waals surface area (Å²) >= 11 is 0. The summed E-state index contributed by atoms with van der Waals surface area (Å²) in [7, 11) is 0. The zero-order valence-corrected chi connectivity index (χ0v) is 11.0. The van der Waals surface area contributed by atoms with Gasteiger partial charge in [-0.05, 0) is 13.6 Å². The van der Waals surface area contributed by atoms with Crippen LogP contribution in [0.15, 0.2) is 76.8 Å². The van der Waals surface area contributed by atoms with Gasteiger partial charge in [-0.3, -0.25) is 5.41 Å².